The SMILES string of the molecule is COP(=O)(Nc1ccc([N+](=O)[O-])c2c1C(=O)c1ccccc1C2=O)OC. The van der Waals surface area contributed by atoms with E-state index in [1.54, 1.807) is 12.1 Å². The highest BCUT2D eigenvalue weighted by atomic mass is 31.2. The van der Waals surface area contributed by atoms with E-state index in [2.05, 4.69) is 5.09 Å². The third-order valence-electron chi connectivity index (χ3n) is 3.99. The monoisotopic (exact) mass is 376 g/mol. The Kier molecular flexibility index (Phi) is 4.45. The molecule has 0 saturated heterocycles. The van der Waals surface area contributed by atoms with Crippen molar-refractivity contribution in [1.82, 2.24) is 0 Å². The minimum absolute atomic E-state index is 0.0505. The molecule has 0 saturated carbocycles. The van der Waals surface area contributed by atoms with Crippen LogP contribution in [0.5, 0.6) is 0 Å². The molecule has 0 fully saturated rings. The van der Waals surface area contributed by atoms with Crippen LogP contribution < -0.4 is 5.09 Å². The van der Waals surface area contributed by atoms with Gasteiger partial charge in [-0.3, -0.25) is 33.8 Å². The van der Waals surface area contributed by atoms with Gasteiger partial charge in [0.15, 0.2) is 5.78 Å². The largest absolute Gasteiger partial charge is 0.432 e. The van der Waals surface area contributed by atoms with E-state index >= 15 is 0 Å². The van der Waals surface area contributed by atoms with Crippen molar-refractivity contribution in [2.45, 2.75) is 0 Å². The second-order valence-corrected chi connectivity index (χ2v) is 7.27. The first-order valence-electron chi connectivity index (χ1n) is 7.32. The van der Waals surface area contributed by atoms with E-state index in [0.717, 1.165) is 20.3 Å². The van der Waals surface area contributed by atoms with Crippen LogP contribution in [0.2, 0.25) is 0 Å². The van der Waals surface area contributed by atoms with Crippen molar-refractivity contribution in [3.8, 4) is 0 Å². The van der Waals surface area contributed by atoms with E-state index < -0.39 is 29.9 Å². The van der Waals surface area contributed by atoms with Crippen LogP contribution in [-0.2, 0) is 13.6 Å². The first-order chi connectivity index (χ1) is 12.3. The molecule has 26 heavy (non-hydrogen) atoms. The Morgan fingerprint density at radius 2 is 1.50 bits per heavy atom. The lowest BCUT2D eigenvalue weighted by Crippen LogP contribution is -2.23. The van der Waals surface area contributed by atoms with Gasteiger partial charge in [0.2, 0.25) is 5.78 Å². The molecule has 0 atom stereocenters. The topological polar surface area (TPSA) is 125 Å². The van der Waals surface area contributed by atoms with Crippen molar-refractivity contribution in [3.63, 3.8) is 0 Å². The molecule has 0 aromatic heterocycles. The first-order valence-corrected chi connectivity index (χ1v) is 8.87. The van der Waals surface area contributed by atoms with Crippen molar-refractivity contribution in [2.75, 3.05) is 19.3 Å². The van der Waals surface area contributed by atoms with Gasteiger partial charge in [-0.25, -0.2) is 4.57 Å². The fourth-order valence-electron chi connectivity index (χ4n) is 2.76. The molecule has 0 aliphatic heterocycles. The fraction of sp³-hybridized carbons (Fsp3) is 0.125. The minimum Gasteiger partial charge on any atom is -0.296 e. The minimum atomic E-state index is -3.80. The van der Waals surface area contributed by atoms with E-state index in [9.17, 15) is 24.3 Å². The zero-order valence-corrected chi connectivity index (χ0v) is 14.6. The van der Waals surface area contributed by atoms with Crippen molar-refractivity contribution in [2.24, 2.45) is 0 Å². The van der Waals surface area contributed by atoms with E-state index in [1.807, 2.05) is 0 Å². The van der Waals surface area contributed by atoms with Crippen molar-refractivity contribution in [1.29, 1.82) is 0 Å². The van der Waals surface area contributed by atoms with Crippen LogP contribution in [0.25, 0.3) is 0 Å². The van der Waals surface area contributed by atoms with Crippen molar-refractivity contribution >= 4 is 30.7 Å². The molecule has 1 N–H and O–H groups in total. The number of hydrogen-bond acceptors (Lipinski definition) is 7. The lowest BCUT2D eigenvalue weighted by Gasteiger charge is -2.22. The third kappa shape index (κ3) is 2.72. The van der Waals surface area contributed by atoms with Crippen LogP contribution >= 0.6 is 7.75 Å². The van der Waals surface area contributed by atoms with Crippen molar-refractivity contribution < 1.29 is 28.1 Å². The molecule has 0 bridgehead atoms. The van der Waals surface area contributed by atoms with Crippen LogP contribution in [0, 0.1) is 10.1 Å². The summed E-state index contributed by atoms with van der Waals surface area (Å²) < 4.78 is 21.9. The molecule has 3 rings (SSSR count). The Hall–Kier alpha value is -2.87. The number of fused-ring (bicyclic) bond motifs is 2. The summed E-state index contributed by atoms with van der Waals surface area (Å²) in [6, 6.07) is 8.28. The normalized spacial score (nSPS) is 13.2. The molecule has 0 radical (unpaired) electrons. The number of nitro groups is 1. The Labute approximate surface area is 147 Å². The molecule has 0 spiro atoms. The summed E-state index contributed by atoms with van der Waals surface area (Å²) in [7, 11) is -1.53. The Bertz CT molecular complexity index is 994. The molecular formula is C16H13N2O7P. The average molecular weight is 376 g/mol. The lowest BCUT2D eigenvalue weighted by molar-refractivity contribution is -0.385. The third-order valence-corrected chi connectivity index (χ3v) is 5.46. The fourth-order valence-corrected chi connectivity index (χ4v) is 3.58. The van der Waals surface area contributed by atoms with Gasteiger partial charge in [0.05, 0.1) is 16.2 Å². The van der Waals surface area contributed by atoms with Gasteiger partial charge in [-0.15, -0.1) is 0 Å². The highest BCUT2D eigenvalue weighted by molar-refractivity contribution is 7.55. The lowest BCUT2D eigenvalue weighted by atomic mass is 9.82. The van der Waals surface area contributed by atoms with E-state index in [0.29, 0.717) is 0 Å². The summed E-state index contributed by atoms with van der Waals surface area (Å²) in [5.41, 5.74) is -0.974. The van der Waals surface area contributed by atoms with E-state index in [1.165, 1.54) is 18.2 Å². The van der Waals surface area contributed by atoms with Crippen LogP contribution in [0.4, 0.5) is 11.4 Å². The van der Waals surface area contributed by atoms with Gasteiger partial charge >= 0.3 is 7.75 Å². The number of anilines is 1. The van der Waals surface area contributed by atoms with Gasteiger partial charge in [0.1, 0.15) is 5.56 Å². The van der Waals surface area contributed by atoms with Gasteiger partial charge in [-0.05, 0) is 6.07 Å². The molecular weight excluding hydrogens is 363 g/mol. The number of carbonyl (C=O) groups is 2. The number of hydrogen-bond donors (Lipinski definition) is 1. The molecule has 9 nitrogen and oxygen atoms in total. The van der Waals surface area contributed by atoms with Gasteiger partial charge < -0.3 is 0 Å². The number of nitro benzene ring substituents is 1. The highest BCUT2D eigenvalue weighted by Crippen LogP contribution is 2.48. The molecule has 2 aromatic rings. The smallest absolute Gasteiger partial charge is 0.296 e. The zero-order chi connectivity index (χ0) is 19.1. The zero-order valence-electron chi connectivity index (χ0n) is 13.7. The molecule has 1 aliphatic carbocycles. The maximum atomic E-state index is 12.9. The molecule has 1 aliphatic rings. The second-order valence-electron chi connectivity index (χ2n) is 5.32. The molecule has 0 heterocycles. The van der Waals surface area contributed by atoms with Crippen LogP contribution in [-0.4, -0.2) is 30.7 Å². The maximum absolute atomic E-state index is 12.9. The summed E-state index contributed by atoms with van der Waals surface area (Å²) >= 11 is 0. The summed E-state index contributed by atoms with van der Waals surface area (Å²) in [5.74, 6) is -1.25. The van der Waals surface area contributed by atoms with E-state index in [-0.39, 0.29) is 27.9 Å². The second kappa shape index (κ2) is 6.45. The van der Waals surface area contributed by atoms with Crippen LogP contribution in [0.3, 0.4) is 0 Å². The Balaban J connectivity index is 2.30. The number of benzene rings is 2. The molecule has 0 unspecified atom stereocenters. The number of carbonyl (C=O) groups excluding carboxylic acids is 2. The number of rotatable bonds is 5. The number of nitrogens with zero attached hydrogens (tertiary/aromatic N) is 1. The average Bonchev–Trinajstić information content (AvgIpc) is 2.65. The first kappa shape index (κ1) is 17.9. The standard InChI is InChI=1S/C16H13N2O7P/c1-24-26(23,25-2)17-11-7-8-12(18(21)22)14-13(11)15(19)9-5-3-4-6-10(9)16(14)20/h3-8H,1-2H3,(H,17,23). The maximum Gasteiger partial charge on any atom is 0.432 e. The summed E-state index contributed by atoms with van der Waals surface area (Å²) in [5, 5.41) is 13.8. The predicted octanol–water partition coefficient (Wildman–Crippen LogP) is 3.18. The molecule has 134 valence electrons. The molecule has 10 heteroatoms. The highest BCUT2D eigenvalue weighted by Gasteiger charge is 2.38. The summed E-state index contributed by atoms with van der Waals surface area (Å²) in [6.07, 6.45) is 0. The van der Waals surface area contributed by atoms with Gasteiger partial charge in [0, 0.05) is 31.4 Å². The van der Waals surface area contributed by atoms with Crippen molar-refractivity contribution in [3.05, 3.63) is 68.8 Å². The quantitative estimate of drug-likeness (QED) is 0.409. The summed E-state index contributed by atoms with van der Waals surface area (Å²) in [6.45, 7) is 0. The van der Waals surface area contributed by atoms with E-state index in [4.69, 9.17) is 9.05 Å². The summed E-state index contributed by atoms with van der Waals surface area (Å²) in [4.78, 5) is 36.4. The van der Waals surface area contributed by atoms with Crippen LogP contribution in [0.1, 0.15) is 31.8 Å². The van der Waals surface area contributed by atoms with Gasteiger partial charge in [-0.2, -0.15) is 0 Å². The molecule has 2 aromatic carbocycles. The number of nitrogens with one attached hydrogen (secondary N) is 1. The number of ketones is 2. The predicted molar refractivity (Wildman–Crippen MR) is 91.7 cm³/mol. The van der Waals surface area contributed by atoms with Gasteiger partial charge in [-0.1, -0.05) is 24.3 Å². The van der Waals surface area contributed by atoms with Crippen LogP contribution in [0.15, 0.2) is 36.4 Å². The Morgan fingerprint density at radius 1 is 0.962 bits per heavy atom. The van der Waals surface area contributed by atoms with Gasteiger partial charge in [0.25, 0.3) is 5.69 Å². The molecule has 0 amide bonds. The Morgan fingerprint density at radius 3 is 2.00 bits per heavy atom.